The molecule has 0 amide bonds. The molecular formula is C11H13FN4O2S. The predicted molar refractivity (Wildman–Crippen MR) is 68.6 cm³/mol. The molecule has 0 atom stereocenters. The third-order valence-electron chi connectivity index (χ3n) is 2.40. The summed E-state index contributed by atoms with van der Waals surface area (Å²) in [5, 5.41) is 3.96. The number of nitrogens with one attached hydrogen (secondary N) is 1. The van der Waals surface area contributed by atoms with Crippen molar-refractivity contribution in [2.45, 2.75) is 13.5 Å². The molecule has 8 heteroatoms. The molecule has 0 unspecified atom stereocenters. The number of hydrogen-bond acceptors (Lipinski definition) is 4. The van der Waals surface area contributed by atoms with E-state index in [1.165, 1.54) is 30.1 Å². The van der Waals surface area contributed by atoms with Crippen LogP contribution < -0.4 is 4.72 Å². The smallest absolute Gasteiger partial charge is 0.250 e. The Morgan fingerprint density at radius 1 is 1.42 bits per heavy atom. The van der Waals surface area contributed by atoms with Crippen molar-refractivity contribution >= 4 is 16.0 Å². The standard InChI is InChI=1S/C11H13FN4O2S/c1-2-19(17,18)15-11-13-8-16(14-11)7-9-4-3-5-10(12)6-9/h3-6,8H,2,7H2,1H3,(H,14,15). The van der Waals surface area contributed by atoms with Crippen LogP contribution in [0.1, 0.15) is 12.5 Å². The van der Waals surface area contributed by atoms with Gasteiger partial charge < -0.3 is 0 Å². The maximum atomic E-state index is 13.0. The highest BCUT2D eigenvalue weighted by Crippen LogP contribution is 2.07. The number of benzene rings is 1. The van der Waals surface area contributed by atoms with Gasteiger partial charge >= 0.3 is 0 Å². The van der Waals surface area contributed by atoms with Crippen LogP contribution >= 0.6 is 0 Å². The molecule has 2 aromatic rings. The fourth-order valence-corrected chi connectivity index (χ4v) is 1.97. The molecule has 1 N–H and O–H groups in total. The number of anilines is 1. The average Bonchev–Trinajstić information content (AvgIpc) is 2.76. The molecule has 0 saturated heterocycles. The summed E-state index contributed by atoms with van der Waals surface area (Å²) in [7, 11) is -3.39. The zero-order valence-corrected chi connectivity index (χ0v) is 11.1. The van der Waals surface area contributed by atoms with Crippen LogP contribution in [-0.2, 0) is 16.6 Å². The summed E-state index contributed by atoms with van der Waals surface area (Å²) in [6.07, 6.45) is 1.39. The van der Waals surface area contributed by atoms with Crippen LogP contribution in [0.3, 0.4) is 0 Å². The highest BCUT2D eigenvalue weighted by Gasteiger charge is 2.10. The van der Waals surface area contributed by atoms with Crippen LogP contribution in [-0.4, -0.2) is 28.9 Å². The lowest BCUT2D eigenvalue weighted by molar-refractivity contribution is 0.601. The van der Waals surface area contributed by atoms with Crippen molar-refractivity contribution < 1.29 is 12.8 Å². The number of nitrogens with zero attached hydrogens (tertiary/aromatic N) is 3. The van der Waals surface area contributed by atoms with E-state index in [9.17, 15) is 12.8 Å². The monoisotopic (exact) mass is 284 g/mol. The summed E-state index contributed by atoms with van der Waals surface area (Å²) in [4.78, 5) is 3.84. The molecule has 1 aromatic carbocycles. The first-order valence-corrected chi connectivity index (χ1v) is 7.28. The van der Waals surface area contributed by atoms with Crippen molar-refractivity contribution in [3.05, 3.63) is 42.0 Å². The van der Waals surface area contributed by atoms with Crippen molar-refractivity contribution in [1.29, 1.82) is 0 Å². The topological polar surface area (TPSA) is 76.9 Å². The summed E-state index contributed by atoms with van der Waals surface area (Å²) < 4.78 is 39.3. The molecule has 0 saturated carbocycles. The molecule has 102 valence electrons. The first-order chi connectivity index (χ1) is 8.98. The zero-order chi connectivity index (χ0) is 13.9. The first-order valence-electron chi connectivity index (χ1n) is 5.63. The molecule has 0 aliphatic carbocycles. The Morgan fingerprint density at radius 2 is 2.21 bits per heavy atom. The maximum absolute atomic E-state index is 13.0. The molecule has 0 bridgehead atoms. The Hall–Kier alpha value is -1.96. The Morgan fingerprint density at radius 3 is 2.89 bits per heavy atom. The fourth-order valence-electron chi connectivity index (χ4n) is 1.45. The molecule has 2 rings (SSSR count). The molecule has 6 nitrogen and oxygen atoms in total. The van der Waals surface area contributed by atoms with Crippen molar-refractivity contribution in [2.24, 2.45) is 0 Å². The number of halogens is 1. The van der Waals surface area contributed by atoms with Crippen molar-refractivity contribution in [2.75, 3.05) is 10.5 Å². The molecule has 0 aliphatic rings. The van der Waals surface area contributed by atoms with E-state index >= 15 is 0 Å². The minimum atomic E-state index is -3.39. The quantitative estimate of drug-likeness (QED) is 0.895. The molecule has 19 heavy (non-hydrogen) atoms. The van der Waals surface area contributed by atoms with Crippen LogP contribution in [0.4, 0.5) is 10.3 Å². The van der Waals surface area contributed by atoms with E-state index in [1.807, 2.05) is 0 Å². The second-order valence-corrected chi connectivity index (χ2v) is 5.91. The van der Waals surface area contributed by atoms with Crippen molar-refractivity contribution in [3.63, 3.8) is 0 Å². The van der Waals surface area contributed by atoms with Gasteiger partial charge in [0.25, 0.3) is 5.95 Å². The number of sulfonamides is 1. The molecule has 1 aromatic heterocycles. The molecule has 0 fully saturated rings. The Kier molecular flexibility index (Phi) is 3.79. The largest absolute Gasteiger partial charge is 0.255 e. The summed E-state index contributed by atoms with van der Waals surface area (Å²) in [6, 6.07) is 6.09. The molecule has 1 heterocycles. The summed E-state index contributed by atoms with van der Waals surface area (Å²) >= 11 is 0. The normalized spacial score (nSPS) is 11.5. The summed E-state index contributed by atoms with van der Waals surface area (Å²) in [6.45, 7) is 1.84. The SMILES string of the molecule is CCS(=O)(=O)Nc1ncn(Cc2cccc(F)c2)n1. The van der Waals surface area contributed by atoms with Gasteiger partial charge in [-0.1, -0.05) is 12.1 Å². The summed E-state index contributed by atoms with van der Waals surface area (Å²) in [5.74, 6) is -0.367. The maximum Gasteiger partial charge on any atom is 0.255 e. The highest BCUT2D eigenvalue weighted by atomic mass is 32.2. The van der Waals surface area contributed by atoms with E-state index in [0.717, 1.165) is 5.56 Å². The fraction of sp³-hybridized carbons (Fsp3) is 0.273. The van der Waals surface area contributed by atoms with Crippen molar-refractivity contribution in [3.8, 4) is 0 Å². The molecule has 0 spiro atoms. The van der Waals surface area contributed by atoms with E-state index in [-0.39, 0.29) is 17.5 Å². The van der Waals surface area contributed by atoms with Gasteiger partial charge in [-0.05, 0) is 24.6 Å². The first kappa shape index (κ1) is 13.5. The van der Waals surface area contributed by atoms with E-state index in [2.05, 4.69) is 14.8 Å². The average molecular weight is 284 g/mol. The van der Waals surface area contributed by atoms with Gasteiger partial charge in [0.05, 0.1) is 12.3 Å². The van der Waals surface area contributed by atoms with Gasteiger partial charge in [0, 0.05) is 0 Å². The van der Waals surface area contributed by atoms with Crippen LogP contribution in [0.2, 0.25) is 0 Å². The lowest BCUT2D eigenvalue weighted by Crippen LogP contribution is -2.15. The summed E-state index contributed by atoms with van der Waals surface area (Å²) in [5.41, 5.74) is 0.717. The Balaban J connectivity index is 2.10. The van der Waals surface area contributed by atoms with E-state index in [4.69, 9.17) is 0 Å². The third-order valence-corrected chi connectivity index (χ3v) is 3.65. The lowest BCUT2D eigenvalue weighted by Gasteiger charge is -2.02. The van der Waals surface area contributed by atoms with E-state index < -0.39 is 10.0 Å². The third kappa shape index (κ3) is 3.75. The van der Waals surface area contributed by atoms with Crippen molar-refractivity contribution in [1.82, 2.24) is 14.8 Å². The van der Waals surface area contributed by atoms with Crippen LogP contribution in [0.5, 0.6) is 0 Å². The van der Waals surface area contributed by atoms with Gasteiger partial charge in [-0.15, -0.1) is 5.10 Å². The minimum Gasteiger partial charge on any atom is -0.250 e. The van der Waals surface area contributed by atoms with E-state index in [0.29, 0.717) is 6.54 Å². The second kappa shape index (κ2) is 5.35. The Bertz CT molecular complexity index is 669. The van der Waals surface area contributed by atoms with Gasteiger partial charge in [0.1, 0.15) is 12.1 Å². The van der Waals surface area contributed by atoms with Gasteiger partial charge in [0.2, 0.25) is 10.0 Å². The van der Waals surface area contributed by atoms with E-state index in [1.54, 1.807) is 12.1 Å². The zero-order valence-electron chi connectivity index (χ0n) is 10.2. The van der Waals surface area contributed by atoms with Crippen LogP contribution in [0.15, 0.2) is 30.6 Å². The number of rotatable bonds is 5. The van der Waals surface area contributed by atoms with Gasteiger partial charge in [-0.3, -0.25) is 0 Å². The van der Waals surface area contributed by atoms with Gasteiger partial charge in [0.15, 0.2) is 0 Å². The number of hydrogen-bond donors (Lipinski definition) is 1. The lowest BCUT2D eigenvalue weighted by atomic mass is 10.2. The van der Waals surface area contributed by atoms with Gasteiger partial charge in [-0.2, -0.15) is 4.98 Å². The van der Waals surface area contributed by atoms with Gasteiger partial charge in [-0.25, -0.2) is 22.2 Å². The highest BCUT2D eigenvalue weighted by molar-refractivity contribution is 7.92. The second-order valence-electron chi connectivity index (χ2n) is 3.90. The van der Waals surface area contributed by atoms with Crippen LogP contribution in [0, 0.1) is 5.82 Å². The molecule has 0 aliphatic heterocycles. The predicted octanol–water partition coefficient (Wildman–Crippen LogP) is 1.23. The molecular weight excluding hydrogens is 271 g/mol. The minimum absolute atomic E-state index is 0.0123. The van der Waals surface area contributed by atoms with Crippen LogP contribution in [0.25, 0.3) is 0 Å². The number of aromatic nitrogens is 3. The Labute approximate surface area is 110 Å². The molecule has 0 radical (unpaired) electrons.